The fourth-order valence-corrected chi connectivity index (χ4v) is 2.18. The van der Waals surface area contributed by atoms with Crippen molar-refractivity contribution in [3.8, 4) is 5.75 Å². The molecule has 1 aromatic rings. The molecule has 2 N–H and O–H groups in total. The van der Waals surface area contributed by atoms with Crippen LogP contribution in [0.15, 0.2) is 24.3 Å². The van der Waals surface area contributed by atoms with E-state index in [2.05, 4.69) is 5.32 Å². The molecular weight excluding hydrogens is 202 g/mol. The van der Waals surface area contributed by atoms with Gasteiger partial charge in [-0.25, -0.2) is 0 Å². The van der Waals surface area contributed by atoms with Crippen LogP contribution in [0.1, 0.15) is 25.7 Å². The van der Waals surface area contributed by atoms with E-state index in [4.69, 9.17) is 4.74 Å². The molecule has 0 amide bonds. The summed E-state index contributed by atoms with van der Waals surface area (Å²) in [5, 5.41) is 13.2. The third-order valence-electron chi connectivity index (χ3n) is 3.17. The summed E-state index contributed by atoms with van der Waals surface area (Å²) in [7, 11) is 1.66. The summed E-state index contributed by atoms with van der Waals surface area (Å²) in [6.07, 6.45) is 4.09. The Bertz CT molecular complexity index is 323. The highest BCUT2D eigenvalue weighted by Gasteiger charge is 2.22. The highest BCUT2D eigenvalue weighted by molar-refractivity contribution is 5.47. The van der Waals surface area contributed by atoms with Crippen LogP contribution in [0.4, 0.5) is 5.69 Å². The van der Waals surface area contributed by atoms with Crippen molar-refractivity contribution in [1.29, 1.82) is 0 Å². The summed E-state index contributed by atoms with van der Waals surface area (Å²) in [5.74, 6) is 0.856. The minimum atomic E-state index is -0.212. The predicted molar refractivity (Wildman–Crippen MR) is 64.9 cm³/mol. The Morgan fingerprint density at radius 3 is 2.50 bits per heavy atom. The fourth-order valence-electron chi connectivity index (χ4n) is 2.18. The van der Waals surface area contributed by atoms with Crippen molar-refractivity contribution in [3.05, 3.63) is 24.3 Å². The molecule has 0 aliphatic heterocycles. The number of hydrogen-bond acceptors (Lipinski definition) is 3. The van der Waals surface area contributed by atoms with E-state index in [-0.39, 0.29) is 12.1 Å². The third-order valence-corrected chi connectivity index (χ3v) is 3.17. The molecule has 0 saturated heterocycles. The van der Waals surface area contributed by atoms with Gasteiger partial charge in [-0.3, -0.25) is 0 Å². The normalized spacial score (nSPS) is 25.1. The molecular formula is C13H19NO2. The van der Waals surface area contributed by atoms with E-state index in [9.17, 15) is 5.11 Å². The summed E-state index contributed by atoms with van der Waals surface area (Å²) >= 11 is 0. The zero-order valence-electron chi connectivity index (χ0n) is 9.65. The Morgan fingerprint density at radius 2 is 1.88 bits per heavy atom. The number of benzene rings is 1. The number of rotatable bonds is 3. The number of nitrogens with one attached hydrogen (secondary N) is 1. The van der Waals surface area contributed by atoms with E-state index in [0.29, 0.717) is 0 Å². The molecule has 3 heteroatoms. The number of anilines is 1. The van der Waals surface area contributed by atoms with Gasteiger partial charge >= 0.3 is 0 Å². The van der Waals surface area contributed by atoms with Gasteiger partial charge in [0.2, 0.25) is 0 Å². The van der Waals surface area contributed by atoms with Crippen LogP contribution in [0.5, 0.6) is 5.75 Å². The summed E-state index contributed by atoms with van der Waals surface area (Å²) in [6.45, 7) is 0. The monoisotopic (exact) mass is 221 g/mol. The maximum atomic E-state index is 9.84. The first-order valence-electron chi connectivity index (χ1n) is 5.88. The van der Waals surface area contributed by atoms with Gasteiger partial charge in [-0.05, 0) is 37.1 Å². The van der Waals surface area contributed by atoms with Crippen molar-refractivity contribution >= 4 is 5.69 Å². The van der Waals surface area contributed by atoms with Gasteiger partial charge in [0.25, 0.3) is 0 Å². The van der Waals surface area contributed by atoms with Gasteiger partial charge in [0, 0.05) is 5.69 Å². The van der Waals surface area contributed by atoms with Crippen LogP contribution in [0, 0.1) is 0 Å². The average Bonchev–Trinajstić information content (AvgIpc) is 2.33. The zero-order valence-corrected chi connectivity index (χ0v) is 9.65. The van der Waals surface area contributed by atoms with E-state index >= 15 is 0 Å². The lowest BCUT2D eigenvalue weighted by molar-refractivity contribution is 0.116. The number of hydrogen-bond donors (Lipinski definition) is 2. The summed E-state index contributed by atoms with van der Waals surface area (Å²) in [4.78, 5) is 0. The highest BCUT2D eigenvalue weighted by Crippen LogP contribution is 2.23. The number of methoxy groups -OCH3 is 1. The van der Waals surface area contributed by atoms with Crippen LogP contribution in [-0.4, -0.2) is 24.4 Å². The summed E-state index contributed by atoms with van der Waals surface area (Å²) in [5.41, 5.74) is 1.05. The Morgan fingerprint density at radius 1 is 1.19 bits per heavy atom. The Hall–Kier alpha value is -1.22. The summed E-state index contributed by atoms with van der Waals surface area (Å²) < 4.78 is 5.10. The molecule has 0 radical (unpaired) electrons. The lowest BCUT2D eigenvalue weighted by Crippen LogP contribution is -2.36. The minimum absolute atomic E-state index is 0.196. The largest absolute Gasteiger partial charge is 0.497 e. The van der Waals surface area contributed by atoms with E-state index in [1.807, 2.05) is 24.3 Å². The first-order valence-corrected chi connectivity index (χ1v) is 5.88. The molecule has 0 bridgehead atoms. The van der Waals surface area contributed by atoms with Crippen molar-refractivity contribution in [3.63, 3.8) is 0 Å². The van der Waals surface area contributed by atoms with Crippen LogP contribution in [0.3, 0.4) is 0 Å². The van der Waals surface area contributed by atoms with Crippen LogP contribution >= 0.6 is 0 Å². The molecule has 3 nitrogen and oxygen atoms in total. The molecule has 88 valence electrons. The number of aliphatic hydroxyl groups is 1. The number of aliphatic hydroxyl groups excluding tert-OH is 1. The molecule has 2 rings (SSSR count). The van der Waals surface area contributed by atoms with Gasteiger partial charge in [-0.1, -0.05) is 12.8 Å². The van der Waals surface area contributed by atoms with Gasteiger partial charge < -0.3 is 15.2 Å². The second-order valence-corrected chi connectivity index (χ2v) is 4.33. The van der Waals surface area contributed by atoms with Crippen molar-refractivity contribution in [2.45, 2.75) is 37.8 Å². The lowest BCUT2D eigenvalue weighted by atomic mass is 9.92. The van der Waals surface area contributed by atoms with E-state index in [0.717, 1.165) is 30.7 Å². The van der Waals surface area contributed by atoms with Crippen LogP contribution in [0.2, 0.25) is 0 Å². The van der Waals surface area contributed by atoms with Crippen LogP contribution in [-0.2, 0) is 0 Å². The molecule has 1 aliphatic carbocycles. The molecule has 2 atom stereocenters. The standard InChI is InChI=1S/C13H19NO2/c1-16-11-8-6-10(7-9-11)14-12-4-2-3-5-13(12)15/h6-9,12-15H,2-5H2,1H3/t12-,13+/m0/s1. The minimum Gasteiger partial charge on any atom is -0.497 e. The Kier molecular flexibility index (Phi) is 3.67. The molecule has 1 fully saturated rings. The third kappa shape index (κ3) is 2.67. The molecule has 1 saturated carbocycles. The molecule has 0 unspecified atom stereocenters. The van der Waals surface area contributed by atoms with Gasteiger partial charge in [-0.2, -0.15) is 0 Å². The molecule has 16 heavy (non-hydrogen) atoms. The second kappa shape index (κ2) is 5.21. The van der Waals surface area contributed by atoms with Gasteiger partial charge in [0.1, 0.15) is 5.75 Å². The molecule has 0 spiro atoms. The van der Waals surface area contributed by atoms with Crippen molar-refractivity contribution in [1.82, 2.24) is 0 Å². The highest BCUT2D eigenvalue weighted by atomic mass is 16.5. The van der Waals surface area contributed by atoms with E-state index in [1.165, 1.54) is 6.42 Å². The Labute approximate surface area is 96.4 Å². The maximum Gasteiger partial charge on any atom is 0.119 e. The van der Waals surface area contributed by atoms with Gasteiger partial charge in [-0.15, -0.1) is 0 Å². The van der Waals surface area contributed by atoms with Gasteiger partial charge in [0.15, 0.2) is 0 Å². The predicted octanol–water partition coefficient (Wildman–Crippen LogP) is 2.41. The van der Waals surface area contributed by atoms with Crippen molar-refractivity contribution in [2.75, 3.05) is 12.4 Å². The quantitative estimate of drug-likeness (QED) is 0.823. The van der Waals surface area contributed by atoms with Crippen LogP contribution < -0.4 is 10.1 Å². The maximum absolute atomic E-state index is 9.84. The number of ether oxygens (including phenoxy) is 1. The fraction of sp³-hybridized carbons (Fsp3) is 0.538. The first kappa shape index (κ1) is 11.3. The average molecular weight is 221 g/mol. The van der Waals surface area contributed by atoms with Crippen LogP contribution in [0.25, 0.3) is 0 Å². The van der Waals surface area contributed by atoms with E-state index < -0.39 is 0 Å². The summed E-state index contributed by atoms with van der Waals surface area (Å²) in [6, 6.07) is 8.03. The first-order chi connectivity index (χ1) is 7.79. The van der Waals surface area contributed by atoms with Gasteiger partial charge in [0.05, 0.1) is 19.3 Å². The van der Waals surface area contributed by atoms with Crippen molar-refractivity contribution < 1.29 is 9.84 Å². The zero-order chi connectivity index (χ0) is 11.4. The molecule has 0 aromatic heterocycles. The lowest BCUT2D eigenvalue weighted by Gasteiger charge is -2.29. The molecule has 0 heterocycles. The SMILES string of the molecule is COc1ccc(N[C@H]2CCCC[C@H]2O)cc1. The Balaban J connectivity index is 1.96. The second-order valence-electron chi connectivity index (χ2n) is 4.33. The molecule has 1 aromatic carbocycles. The van der Waals surface area contributed by atoms with E-state index in [1.54, 1.807) is 7.11 Å². The molecule has 1 aliphatic rings. The van der Waals surface area contributed by atoms with Crippen molar-refractivity contribution in [2.24, 2.45) is 0 Å². The smallest absolute Gasteiger partial charge is 0.119 e. The topological polar surface area (TPSA) is 41.5 Å².